The van der Waals surface area contributed by atoms with E-state index in [0.717, 1.165) is 16.8 Å². The van der Waals surface area contributed by atoms with Crippen LogP contribution in [0.1, 0.15) is 10.5 Å². The van der Waals surface area contributed by atoms with Gasteiger partial charge in [0, 0.05) is 18.3 Å². The Bertz CT molecular complexity index is 579. The van der Waals surface area contributed by atoms with Crippen LogP contribution in [0, 0.1) is 0 Å². The van der Waals surface area contributed by atoms with Gasteiger partial charge in [-0.1, -0.05) is 0 Å². The van der Waals surface area contributed by atoms with Crippen molar-refractivity contribution in [1.82, 2.24) is 19.7 Å². The van der Waals surface area contributed by atoms with E-state index in [0.29, 0.717) is 0 Å². The van der Waals surface area contributed by atoms with Gasteiger partial charge >= 0.3 is 5.97 Å². The summed E-state index contributed by atoms with van der Waals surface area (Å²) in [5.41, 5.74) is -0.679. The summed E-state index contributed by atoms with van der Waals surface area (Å²) < 4.78 is 0.908. The fraction of sp³-hybridized carbons (Fsp3) is 0. The van der Waals surface area contributed by atoms with Crippen LogP contribution in [-0.2, 0) is 0 Å². The molecule has 16 heavy (non-hydrogen) atoms. The third-order valence-corrected chi connectivity index (χ3v) is 1.80. The molecule has 1 N–H and O–H groups in total. The predicted molar refractivity (Wildman–Crippen MR) is 52.4 cm³/mol. The van der Waals surface area contributed by atoms with Gasteiger partial charge in [-0.15, -0.1) is 0 Å². The molecule has 7 heteroatoms. The average Bonchev–Trinajstić information content (AvgIpc) is 2.30. The molecule has 0 aliphatic carbocycles. The highest BCUT2D eigenvalue weighted by Crippen LogP contribution is 1.97. The molecule has 0 aliphatic rings. The first-order valence-corrected chi connectivity index (χ1v) is 4.28. The minimum Gasteiger partial charge on any atom is -0.476 e. The standard InChI is InChI=1S/C9H6N4O3/c14-8-2-1-6(9(15)16)12-13(8)7-3-4-10-5-11-7/h1-5H,(H,15,16). The molecule has 2 aromatic rings. The summed E-state index contributed by atoms with van der Waals surface area (Å²) in [6.07, 6.45) is 2.68. The van der Waals surface area contributed by atoms with Crippen LogP contribution in [0.3, 0.4) is 0 Å². The first-order chi connectivity index (χ1) is 7.68. The first-order valence-electron chi connectivity index (χ1n) is 4.28. The number of rotatable bonds is 2. The Morgan fingerprint density at radius 3 is 2.75 bits per heavy atom. The Hall–Kier alpha value is -2.57. The average molecular weight is 218 g/mol. The van der Waals surface area contributed by atoms with Gasteiger partial charge in [-0.05, 0) is 6.07 Å². The lowest BCUT2D eigenvalue weighted by molar-refractivity contribution is 0.0688. The van der Waals surface area contributed by atoms with Crippen molar-refractivity contribution in [2.24, 2.45) is 0 Å². The van der Waals surface area contributed by atoms with Crippen molar-refractivity contribution in [3.8, 4) is 5.82 Å². The number of nitrogens with zero attached hydrogens (tertiary/aromatic N) is 4. The molecule has 2 rings (SSSR count). The summed E-state index contributed by atoms with van der Waals surface area (Å²) in [7, 11) is 0. The van der Waals surface area contributed by atoms with E-state index in [-0.39, 0.29) is 11.5 Å². The molecule has 0 aromatic carbocycles. The number of hydrogen-bond donors (Lipinski definition) is 1. The lowest BCUT2D eigenvalue weighted by atomic mass is 10.4. The van der Waals surface area contributed by atoms with Gasteiger partial charge in [-0.3, -0.25) is 4.79 Å². The third-order valence-electron chi connectivity index (χ3n) is 1.80. The molecule has 0 bridgehead atoms. The van der Waals surface area contributed by atoms with Crippen molar-refractivity contribution >= 4 is 5.97 Å². The minimum atomic E-state index is -1.21. The Balaban J connectivity index is 2.61. The van der Waals surface area contributed by atoms with Gasteiger partial charge < -0.3 is 5.11 Å². The van der Waals surface area contributed by atoms with E-state index in [1.807, 2.05) is 0 Å². The maximum atomic E-state index is 11.4. The SMILES string of the molecule is O=C(O)c1ccc(=O)n(-c2ccncn2)n1. The number of carboxylic acid groups (broad SMARTS) is 1. The molecule has 0 radical (unpaired) electrons. The maximum Gasteiger partial charge on any atom is 0.356 e. The van der Waals surface area contributed by atoms with Gasteiger partial charge in [-0.25, -0.2) is 14.8 Å². The molecule has 0 unspecified atom stereocenters. The molecule has 0 aliphatic heterocycles. The summed E-state index contributed by atoms with van der Waals surface area (Å²) in [6.45, 7) is 0. The van der Waals surface area contributed by atoms with Crippen molar-refractivity contribution < 1.29 is 9.90 Å². The highest BCUT2D eigenvalue weighted by Gasteiger charge is 2.08. The number of aromatic nitrogens is 4. The second kappa shape index (κ2) is 3.89. The zero-order chi connectivity index (χ0) is 11.5. The molecule has 0 fully saturated rings. The van der Waals surface area contributed by atoms with Gasteiger partial charge in [0.2, 0.25) is 0 Å². The third kappa shape index (κ3) is 1.78. The van der Waals surface area contributed by atoms with Gasteiger partial charge in [-0.2, -0.15) is 9.78 Å². The molecular formula is C9H6N4O3. The summed E-state index contributed by atoms with van der Waals surface area (Å²) in [4.78, 5) is 29.6. The number of carboxylic acids is 1. The summed E-state index contributed by atoms with van der Waals surface area (Å²) in [5, 5.41) is 12.4. The van der Waals surface area contributed by atoms with Gasteiger partial charge in [0.1, 0.15) is 6.33 Å². The van der Waals surface area contributed by atoms with E-state index in [1.54, 1.807) is 0 Å². The van der Waals surface area contributed by atoms with Gasteiger partial charge in [0.25, 0.3) is 5.56 Å². The van der Waals surface area contributed by atoms with Gasteiger partial charge in [0.15, 0.2) is 11.5 Å². The van der Waals surface area contributed by atoms with Gasteiger partial charge in [0.05, 0.1) is 0 Å². The molecule has 80 valence electrons. The highest BCUT2D eigenvalue weighted by atomic mass is 16.4. The second-order valence-electron chi connectivity index (χ2n) is 2.84. The van der Waals surface area contributed by atoms with Crippen LogP contribution in [0.2, 0.25) is 0 Å². The Kier molecular flexibility index (Phi) is 2.42. The Morgan fingerprint density at radius 2 is 2.12 bits per heavy atom. The van der Waals surface area contributed by atoms with Crippen LogP contribution in [0.25, 0.3) is 5.82 Å². The fourth-order valence-electron chi connectivity index (χ4n) is 1.10. The number of aromatic carboxylic acids is 1. The maximum absolute atomic E-state index is 11.4. The van der Waals surface area contributed by atoms with E-state index >= 15 is 0 Å². The van der Waals surface area contributed by atoms with Crippen LogP contribution >= 0.6 is 0 Å². The van der Waals surface area contributed by atoms with Crippen LogP contribution < -0.4 is 5.56 Å². The van der Waals surface area contributed by atoms with E-state index in [4.69, 9.17) is 5.11 Å². The fourth-order valence-corrected chi connectivity index (χ4v) is 1.10. The van der Waals surface area contributed by atoms with Crippen molar-refractivity contribution in [1.29, 1.82) is 0 Å². The van der Waals surface area contributed by atoms with Crippen LogP contribution in [0.15, 0.2) is 35.5 Å². The predicted octanol–water partition coefficient (Wildman–Crippen LogP) is -0.279. The largest absolute Gasteiger partial charge is 0.476 e. The zero-order valence-electron chi connectivity index (χ0n) is 7.94. The summed E-state index contributed by atoms with van der Waals surface area (Å²) in [5.74, 6) is -0.981. The Morgan fingerprint density at radius 1 is 1.31 bits per heavy atom. The monoisotopic (exact) mass is 218 g/mol. The quantitative estimate of drug-likeness (QED) is 0.744. The van der Waals surface area contributed by atoms with E-state index < -0.39 is 11.5 Å². The zero-order valence-corrected chi connectivity index (χ0v) is 7.94. The molecule has 0 amide bonds. The number of hydrogen-bond acceptors (Lipinski definition) is 5. The molecule has 2 heterocycles. The molecule has 0 saturated carbocycles. The molecule has 0 spiro atoms. The van der Waals surface area contributed by atoms with Crippen molar-refractivity contribution in [3.05, 3.63) is 46.8 Å². The lowest BCUT2D eigenvalue weighted by Gasteiger charge is -2.02. The van der Waals surface area contributed by atoms with Crippen LogP contribution in [0.5, 0.6) is 0 Å². The number of carbonyl (C=O) groups is 1. The molecule has 0 atom stereocenters. The summed E-state index contributed by atoms with van der Waals surface area (Å²) >= 11 is 0. The summed E-state index contributed by atoms with van der Waals surface area (Å²) in [6, 6.07) is 3.72. The van der Waals surface area contributed by atoms with E-state index in [9.17, 15) is 9.59 Å². The topological polar surface area (TPSA) is 98.0 Å². The van der Waals surface area contributed by atoms with Crippen LogP contribution in [-0.4, -0.2) is 30.8 Å². The molecule has 7 nitrogen and oxygen atoms in total. The van der Waals surface area contributed by atoms with Crippen molar-refractivity contribution in [3.63, 3.8) is 0 Å². The Labute approximate surface area is 89.0 Å². The minimum absolute atomic E-state index is 0.224. The first kappa shape index (κ1) is 9.97. The normalized spacial score (nSPS) is 10.0. The van der Waals surface area contributed by atoms with E-state index in [2.05, 4.69) is 15.1 Å². The van der Waals surface area contributed by atoms with Crippen LogP contribution in [0.4, 0.5) is 0 Å². The molecular weight excluding hydrogens is 212 g/mol. The smallest absolute Gasteiger partial charge is 0.356 e. The molecule has 2 aromatic heterocycles. The van der Waals surface area contributed by atoms with E-state index in [1.165, 1.54) is 18.6 Å². The van der Waals surface area contributed by atoms with Crippen molar-refractivity contribution in [2.75, 3.05) is 0 Å². The lowest BCUT2D eigenvalue weighted by Crippen LogP contribution is -2.23. The highest BCUT2D eigenvalue weighted by molar-refractivity contribution is 5.84. The molecule has 0 saturated heterocycles. The van der Waals surface area contributed by atoms with Crippen molar-refractivity contribution in [2.45, 2.75) is 0 Å². The second-order valence-corrected chi connectivity index (χ2v) is 2.84.